The molecule has 31 heavy (non-hydrogen) atoms. The van der Waals surface area contributed by atoms with E-state index in [1.165, 1.54) is 0 Å². The van der Waals surface area contributed by atoms with Gasteiger partial charge in [0.15, 0.2) is 5.82 Å². The fourth-order valence-corrected chi connectivity index (χ4v) is 3.74. The molecule has 6 nitrogen and oxygen atoms in total. The molecule has 0 saturated heterocycles. The molecule has 0 saturated carbocycles. The first kappa shape index (κ1) is 20.3. The summed E-state index contributed by atoms with van der Waals surface area (Å²) in [6.07, 6.45) is 3.74. The van der Waals surface area contributed by atoms with Crippen LogP contribution in [0.3, 0.4) is 0 Å². The normalized spacial score (nSPS) is 10.6. The first-order valence-corrected chi connectivity index (χ1v) is 10.5. The van der Waals surface area contributed by atoms with Gasteiger partial charge < -0.3 is 9.13 Å². The van der Waals surface area contributed by atoms with Crippen molar-refractivity contribution in [1.82, 2.24) is 24.1 Å². The number of rotatable bonds is 4. The fourth-order valence-electron chi connectivity index (χ4n) is 3.74. The maximum atomic E-state index is 9.17. The number of hydrogen-bond donors (Lipinski definition) is 0. The van der Waals surface area contributed by atoms with E-state index in [0.29, 0.717) is 12.1 Å². The zero-order valence-electron chi connectivity index (χ0n) is 17.9. The third-order valence-electron chi connectivity index (χ3n) is 5.13. The minimum atomic E-state index is 0.578. The Hall–Kier alpha value is -3.98. The second-order valence-electron chi connectivity index (χ2n) is 6.86. The van der Waals surface area contributed by atoms with Crippen LogP contribution in [0.1, 0.15) is 32.2 Å². The van der Waals surface area contributed by atoms with Crippen LogP contribution in [0, 0.1) is 11.3 Å². The van der Waals surface area contributed by atoms with Crippen molar-refractivity contribution < 1.29 is 0 Å². The largest absolute Gasteiger partial charge is 0.327 e. The molecule has 6 heteroatoms. The number of nitrogens with zero attached hydrogens (tertiary/aromatic N) is 6. The number of para-hydroxylation sites is 1. The van der Waals surface area contributed by atoms with Crippen molar-refractivity contribution in [3.63, 3.8) is 0 Å². The van der Waals surface area contributed by atoms with Gasteiger partial charge in [0.05, 0.1) is 34.7 Å². The standard InChI is InChI=1S/C23H18N6.C2H6/c1-2-29-21-10-7-16(14-24)13-20(21)27-22(29)15-28-12-11-25-23(28)19-9-8-17-5-3-4-6-18(17)26-19;1-2/h3-13H,2,15H2,1H3;1-2H3. The Morgan fingerprint density at radius 1 is 0.968 bits per heavy atom. The van der Waals surface area contributed by atoms with Crippen LogP contribution < -0.4 is 0 Å². The molecule has 0 fully saturated rings. The third-order valence-corrected chi connectivity index (χ3v) is 5.13. The van der Waals surface area contributed by atoms with Gasteiger partial charge in [-0.3, -0.25) is 0 Å². The molecule has 0 radical (unpaired) electrons. The minimum absolute atomic E-state index is 0.578. The summed E-state index contributed by atoms with van der Waals surface area (Å²) in [6, 6.07) is 20.0. The first-order chi connectivity index (χ1) is 15.3. The van der Waals surface area contributed by atoms with Crippen LogP contribution in [0.5, 0.6) is 0 Å². The lowest BCUT2D eigenvalue weighted by Crippen LogP contribution is -2.09. The van der Waals surface area contributed by atoms with Gasteiger partial charge in [0.2, 0.25) is 0 Å². The van der Waals surface area contributed by atoms with Gasteiger partial charge in [-0.15, -0.1) is 0 Å². The van der Waals surface area contributed by atoms with E-state index >= 15 is 0 Å². The topological polar surface area (TPSA) is 72.3 Å². The van der Waals surface area contributed by atoms with Crippen LogP contribution in [0.4, 0.5) is 0 Å². The lowest BCUT2D eigenvalue weighted by molar-refractivity contribution is 0.666. The average Bonchev–Trinajstić information content (AvgIpc) is 3.43. The van der Waals surface area contributed by atoms with E-state index in [9.17, 15) is 5.26 Å². The summed E-state index contributed by atoms with van der Waals surface area (Å²) in [6.45, 7) is 7.48. The van der Waals surface area contributed by atoms with Crippen molar-refractivity contribution in [2.24, 2.45) is 0 Å². The van der Waals surface area contributed by atoms with Crippen LogP contribution in [-0.4, -0.2) is 24.1 Å². The summed E-state index contributed by atoms with van der Waals surface area (Å²) in [4.78, 5) is 14.1. The maximum Gasteiger partial charge on any atom is 0.159 e. The summed E-state index contributed by atoms with van der Waals surface area (Å²) in [5.41, 5.74) is 4.27. The molecule has 0 unspecified atom stereocenters. The Balaban J connectivity index is 0.00000112. The first-order valence-electron chi connectivity index (χ1n) is 10.5. The monoisotopic (exact) mass is 408 g/mol. The van der Waals surface area contributed by atoms with Gasteiger partial charge in [0.1, 0.15) is 11.5 Å². The van der Waals surface area contributed by atoms with Crippen LogP contribution in [0.15, 0.2) is 67.0 Å². The molecule has 0 aliphatic carbocycles. The number of pyridine rings is 1. The highest BCUT2D eigenvalue weighted by atomic mass is 15.1. The minimum Gasteiger partial charge on any atom is -0.327 e. The van der Waals surface area contributed by atoms with Crippen molar-refractivity contribution in [2.45, 2.75) is 33.9 Å². The predicted octanol–water partition coefficient (Wildman–Crippen LogP) is 5.41. The number of aromatic nitrogens is 5. The van der Waals surface area contributed by atoms with E-state index in [-0.39, 0.29) is 0 Å². The smallest absolute Gasteiger partial charge is 0.159 e. The lowest BCUT2D eigenvalue weighted by Gasteiger charge is -2.10. The lowest BCUT2D eigenvalue weighted by atomic mass is 10.2. The van der Waals surface area contributed by atoms with E-state index in [2.05, 4.69) is 39.2 Å². The van der Waals surface area contributed by atoms with Crippen molar-refractivity contribution in [3.8, 4) is 17.6 Å². The third kappa shape index (κ3) is 3.78. The van der Waals surface area contributed by atoms with Gasteiger partial charge in [-0.2, -0.15) is 5.26 Å². The van der Waals surface area contributed by atoms with Gasteiger partial charge in [0, 0.05) is 24.3 Å². The number of hydrogen-bond acceptors (Lipinski definition) is 4. The molecule has 0 bridgehead atoms. The second kappa shape index (κ2) is 8.80. The summed E-state index contributed by atoms with van der Waals surface area (Å²) in [5, 5.41) is 10.3. The zero-order valence-corrected chi connectivity index (χ0v) is 17.9. The van der Waals surface area contributed by atoms with Gasteiger partial charge in [-0.25, -0.2) is 15.0 Å². The average molecular weight is 409 g/mol. The van der Waals surface area contributed by atoms with E-state index in [4.69, 9.17) is 9.97 Å². The molecule has 0 spiro atoms. The highest BCUT2D eigenvalue weighted by Gasteiger charge is 2.14. The van der Waals surface area contributed by atoms with Crippen LogP contribution in [0.25, 0.3) is 33.5 Å². The SMILES string of the molecule is CC.CCn1c(Cn2ccnc2-c2ccc3ccccc3n2)nc2cc(C#N)ccc21. The van der Waals surface area contributed by atoms with E-state index in [0.717, 1.165) is 45.8 Å². The van der Waals surface area contributed by atoms with Crippen molar-refractivity contribution in [1.29, 1.82) is 5.26 Å². The molecule has 154 valence electrons. The molecule has 0 atom stereocenters. The van der Waals surface area contributed by atoms with E-state index in [1.54, 1.807) is 6.20 Å². The number of nitriles is 1. The van der Waals surface area contributed by atoms with E-state index < -0.39 is 0 Å². The molecule has 0 N–H and O–H groups in total. The Morgan fingerprint density at radius 2 is 1.81 bits per heavy atom. The quantitative estimate of drug-likeness (QED) is 0.398. The molecule has 3 heterocycles. The molecule has 3 aromatic heterocycles. The summed E-state index contributed by atoms with van der Waals surface area (Å²) >= 11 is 0. The van der Waals surface area contributed by atoms with Crippen LogP contribution in [0.2, 0.25) is 0 Å². The highest BCUT2D eigenvalue weighted by Crippen LogP contribution is 2.23. The number of benzene rings is 2. The summed E-state index contributed by atoms with van der Waals surface area (Å²) in [5.74, 6) is 1.74. The Kier molecular flexibility index (Phi) is 5.76. The number of aryl methyl sites for hydroxylation is 1. The van der Waals surface area contributed by atoms with Gasteiger partial charge in [-0.1, -0.05) is 38.1 Å². The maximum absolute atomic E-state index is 9.17. The summed E-state index contributed by atoms with van der Waals surface area (Å²) in [7, 11) is 0. The number of imidazole rings is 2. The van der Waals surface area contributed by atoms with Gasteiger partial charge in [-0.05, 0) is 37.3 Å². The zero-order chi connectivity index (χ0) is 21.8. The molecular formula is C25H24N6. The predicted molar refractivity (Wildman–Crippen MR) is 124 cm³/mol. The Bertz CT molecular complexity index is 1390. The van der Waals surface area contributed by atoms with Crippen LogP contribution >= 0.6 is 0 Å². The molecule has 5 aromatic rings. The number of fused-ring (bicyclic) bond motifs is 2. The Morgan fingerprint density at radius 3 is 2.61 bits per heavy atom. The van der Waals surface area contributed by atoms with Gasteiger partial charge in [0.25, 0.3) is 0 Å². The van der Waals surface area contributed by atoms with Crippen molar-refractivity contribution >= 4 is 21.9 Å². The molecule has 5 rings (SSSR count). The van der Waals surface area contributed by atoms with Crippen LogP contribution in [-0.2, 0) is 13.1 Å². The molecule has 0 aliphatic rings. The highest BCUT2D eigenvalue weighted by molar-refractivity contribution is 5.81. The Labute approximate surface area is 181 Å². The molecule has 2 aromatic carbocycles. The summed E-state index contributed by atoms with van der Waals surface area (Å²) < 4.78 is 4.24. The fraction of sp³-hybridized carbons (Fsp3) is 0.200. The van der Waals surface area contributed by atoms with Crippen molar-refractivity contribution in [3.05, 3.63) is 78.4 Å². The molecule has 0 amide bonds. The van der Waals surface area contributed by atoms with Gasteiger partial charge >= 0.3 is 0 Å². The molecule has 0 aliphatic heterocycles. The second-order valence-corrected chi connectivity index (χ2v) is 6.86. The molecular weight excluding hydrogens is 384 g/mol. The van der Waals surface area contributed by atoms with E-state index in [1.807, 2.05) is 62.5 Å². The van der Waals surface area contributed by atoms with Crippen molar-refractivity contribution in [2.75, 3.05) is 0 Å².